The molecule has 0 aromatic carbocycles. The van der Waals surface area contributed by atoms with Crippen LogP contribution in [-0.4, -0.2) is 39.1 Å². The van der Waals surface area contributed by atoms with Crippen LogP contribution in [0.15, 0.2) is 23.6 Å². The van der Waals surface area contributed by atoms with E-state index in [9.17, 15) is 4.79 Å². The Balaban J connectivity index is 1.87. The van der Waals surface area contributed by atoms with Crippen molar-refractivity contribution in [3.8, 4) is 0 Å². The number of hydrogen-bond acceptors (Lipinski definition) is 4. The number of likely N-dealkylation sites (tertiary alicyclic amines) is 1. The number of carbonyl (C=O) groups excluding carboxylic acids is 1. The molecule has 1 fully saturated rings. The summed E-state index contributed by atoms with van der Waals surface area (Å²) in [7, 11) is 0. The Morgan fingerprint density at radius 2 is 2.22 bits per heavy atom. The predicted molar refractivity (Wildman–Crippen MR) is 72.4 cm³/mol. The molecular formula is C13H19N3OS. The van der Waals surface area contributed by atoms with E-state index in [-0.39, 0.29) is 5.91 Å². The first-order valence-electron chi connectivity index (χ1n) is 6.50. The standard InChI is InChI=1S/C13H19N3OS/c1-2-11-6-3-4-9-16(11)12(17)10-18-13-14-7-5-8-15-13/h5,7-8,11H,2-4,6,9-10H2,1H3. The van der Waals surface area contributed by atoms with Gasteiger partial charge in [-0.1, -0.05) is 18.7 Å². The smallest absolute Gasteiger partial charge is 0.233 e. The minimum absolute atomic E-state index is 0.221. The van der Waals surface area contributed by atoms with Gasteiger partial charge in [-0.25, -0.2) is 9.97 Å². The molecule has 18 heavy (non-hydrogen) atoms. The summed E-state index contributed by atoms with van der Waals surface area (Å²) >= 11 is 1.42. The second kappa shape index (κ2) is 6.73. The number of amides is 1. The Labute approximate surface area is 112 Å². The topological polar surface area (TPSA) is 46.1 Å². The Kier molecular flexibility index (Phi) is 4.99. The minimum Gasteiger partial charge on any atom is -0.339 e. The number of nitrogens with zero attached hydrogens (tertiary/aromatic N) is 3. The molecule has 2 rings (SSSR count). The maximum atomic E-state index is 12.2. The molecule has 1 aromatic rings. The molecule has 0 spiro atoms. The van der Waals surface area contributed by atoms with Crippen LogP contribution in [0.25, 0.3) is 0 Å². The molecular weight excluding hydrogens is 246 g/mol. The molecule has 1 aliphatic heterocycles. The van der Waals surface area contributed by atoms with Crippen LogP contribution >= 0.6 is 11.8 Å². The summed E-state index contributed by atoms with van der Waals surface area (Å²) in [6.45, 7) is 3.07. The van der Waals surface area contributed by atoms with Crippen molar-refractivity contribution in [3.05, 3.63) is 18.5 Å². The highest BCUT2D eigenvalue weighted by Gasteiger charge is 2.25. The van der Waals surface area contributed by atoms with Gasteiger partial charge in [-0.15, -0.1) is 0 Å². The zero-order valence-electron chi connectivity index (χ0n) is 10.7. The van der Waals surface area contributed by atoms with Gasteiger partial charge in [-0.3, -0.25) is 4.79 Å². The van der Waals surface area contributed by atoms with Crippen molar-refractivity contribution < 1.29 is 4.79 Å². The van der Waals surface area contributed by atoms with Crippen molar-refractivity contribution in [3.63, 3.8) is 0 Å². The van der Waals surface area contributed by atoms with Gasteiger partial charge in [0.15, 0.2) is 5.16 Å². The van der Waals surface area contributed by atoms with Gasteiger partial charge in [-0.2, -0.15) is 0 Å². The second-order valence-electron chi connectivity index (χ2n) is 4.47. The SMILES string of the molecule is CCC1CCCCN1C(=O)CSc1ncccn1. The largest absolute Gasteiger partial charge is 0.339 e. The van der Waals surface area contributed by atoms with Gasteiger partial charge < -0.3 is 4.90 Å². The Hall–Kier alpha value is -1.10. The lowest BCUT2D eigenvalue weighted by Crippen LogP contribution is -2.44. The normalized spacial score (nSPS) is 19.8. The fraction of sp³-hybridized carbons (Fsp3) is 0.615. The zero-order valence-corrected chi connectivity index (χ0v) is 11.5. The van der Waals surface area contributed by atoms with Crippen LogP contribution in [0.5, 0.6) is 0 Å². The number of hydrogen-bond donors (Lipinski definition) is 0. The molecule has 0 radical (unpaired) electrons. The molecule has 1 saturated heterocycles. The first-order chi connectivity index (χ1) is 8.81. The van der Waals surface area contributed by atoms with E-state index < -0.39 is 0 Å². The first-order valence-corrected chi connectivity index (χ1v) is 7.49. The average molecular weight is 265 g/mol. The molecule has 1 amide bonds. The van der Waals surface area contributed by atoms with E-state index in [2.05, 4.69) is 16.9 Å². The molecule has 2 heterocycles. The fourth-order valence-electron chi connectivity index (χ4n) is 2.32. The maximum Gasteiger partial charge on any atom is 0.233 e. The summed E-state index contributed by atoms with van der Waals surface area (Å²) in [6.07, 6.45) is 7.99. The molecule has 1 unspecified atom stereocenters. The van der Waals surface area contributed by atoms with E-state index in [1.165, 1.54) is 18.2 Å². The van der Waals surface area contributed by atoms with Gasteiger partial charge in [0.2, 0.25) is 5.91 Å². The molecule has 5 heteroatoms. The summed E-state index contributed by atoms with van der Waals surface area (Å²) in [5, 5.41) is 0.677. The number of carbonyl (C=O) groups is 1. The van der Waals surface area contributed by atoms with Gasteiger partial charge in [0.1, 0.15) is 0 Å². The van der Waals surface area contributed by atoms with Crippen molar-refractivity contribution in [2.24, 2.45) is 0 Å². The summed E-state index contributed by atoms with van der Waals surface area (Å²) in [6, 6.07) is 2.22. The average Bonchev–Trinajstić information content (AvgIpc) is 2.45. The fourth-order valence-corrected chi connectivity index (χ4v) is 3.01. The van der Waals surface area contributed by atoms with Crippen LogP contribution in [-0.2, 0) is 4.79 Å². The minimum atomic E-state index is 0.221. The Bertz CT molecular complexity index is 385. The lowest BCUT2D eigenvalue weighted by molar-refractivity contribution is -0.132. The molecule has 0 N–H and O–H groups in total. The highest BCUT2D eigenvalue weighted by Crippen LogP contribution is 2.21. The van der Waals surface area contributed by atoms with Crippen molar-refractivity contribution in [1.82, 2.24) is 14.9 Å². The van der Waals surface area contributed by atoms with Crippen molar-refractivity contribution in [2.75, 3.05) is 12.3 Å². The Morgan fingerprint density at radius 3 is 2.94 bits per heavy atom. The van der Waals surface area contributed by atoms with Crippen LogP contribution in [0.2, 0.25) is 0 Å². The monoisotopic (exact) mass is 265 g/mol. The van der Waals surface area contributed by atoms with Crippen LogP contribution in [0.1, 0.15) is 32.6 Å². The van der Waals surface area contributed by atoms with E-state index in [0.29, 0.717) is 17.0 Å². The van der Waals surface area contributed by atoms with Crippen LogP contribution in [0.3, 0.4) is 0 Å². The zero-order chi connectivity index (χ0) is 12.8. The molecule has 1 atom stereocenters. The molecule has 0 aliphatic carbocycles. The van der Waals surface area contributed by atoms with Crippen LogP contribution in [0.4, 0.5) is 0 Å². The van der Waals surface area contributed by atoms with E-state index >= 15 is 0 Å². The third-order valence-corrected chi connectivity index (χ3v) is 4.15. The highest BCUT2D eigenvalue weighted by atomic mass is 32.2. The van der Waals surface area contributed by atoms with Gasteiger partial charge in [0, 0.05) is 25.0 Å². The van der Waals surface area contributed by atoms with E-state index in [1.807, 2.05) is 4.90 Å². The number of aromatic nitrogens is 2. The van der Waals surface area contributed by atoms with Crippen molar-refractivity contribution in [2.45, 2.75) is 43.8 Å². The molecule has 0 saturated carbocycles. The number of rotatable bonds is 4. The second-order valence-corrected chi connectivity index (χ2v) is 5.41. The van der Waals surface area contributed by atoms with Crippen molar-refractivity contribution >= 4 is 17.7 Å². The van der Waals surface area contributed by atoms with Gasteiger partial charge in [0.25, 0.3) is 0 Å². The third kappa shape index (κ3) is 3.45. The van der Waals surface area contributed by atoms with Crippen LogP contribution in [0, 0.1) is 0 Å². The first kappa shape index (κ1) is 13.3. The van der Waals surface area contributed by atoms with Gasteiger partial charge in [-0.05, 0) is 31.7 Å². The van der Waals surface area contributed by atoms with Crippen LogP contribution < -0.4 is 0 Å². The quantitative estimate of drug-likeness (QED) is 0.619. The molecule has 4 nitrogen and oxygen atoms in total. The van der Waals surface area contributed by atoms with E-state index in [1.54, 1.807) is 18.5 Å². The molecule has 1 aliphatic rings. The lowest BCUT2D eigenvalue weighted by atomic mass is 10.0. The summed E-state index contributed by atoms with van der Waals surface area (Å²) < 4.78 is 0. The predicted octanol–water partition coefficient (Wildman–Crippen LogP) is 2.36. The number of piperidine rings is 1. The third-order valence-electron chi connectivity index (χ3n) is 3.29. The van der Waals surface area contributed by atoms with Gasteiger partial charge >= 0.3 is 0 Å². The summed E-state index contributed by atoms with van der Waals surface area (Å²) in [4.78, 5) is 22.5. The van der Waals surface area contributed by atoms with Gasteiger partial charge in [0.05, 0.1) is 5.75 Å². The lowest BCUT2D eigenvalue weighted by Gasteiger charge is -2.35. The van der Waals surface area contributed by atoms with Crippen molar-refractivity contribution in [1.29, 1.82) is 0 Å². The molecule has 98 valence electrons. The Morgan fingerprint density at radius 1 is 1.44 bits per heavy atom. The summed E-state index contributed by atoms with van der Waals surface area (Å²) in [5.74, 6) is 0.666. The van der Waals surface area contributed by atoms with E-state index in [4.69, 9.17) is 0 Å². The summed E-state index contributed by atoms with van der Waals surface area (Å²) in [5.41, 5.74) is 0. The highest BCUT2D eigenvalue weighted by molar-refractivity contribution is 7.99. The molecule has 1 aromatic heterocycles. The maximum absolute atomic E-state index is 12.2. The van der Waals surface area contributed by atoms with E-state index in [0.717, 1.165) is 25.8 Å². The molecule has 0 bridgehead atoms. The number of thioether (sulfide) groups is 1.